The van der Waals surface area contributed by atoms with Crippen LogP contribution in [-0.2, 0) is 9.53 Å². The molecule has 1 aliphatic rings. The lowest BCUT2D eigenvalue weighted by atomic mass is 10.1. The lowest BCUT2D eigenvalue weighted by molar-refractivity contribution is -0.160. The van der Waals surface area contributed by atoms with Gasteiger partial charge >= 0.3 is 5.97 Å². The second-order valence-corrected chi connectivity index (χ2v) is 5.41. The molecule has 1 heterocycles. The maximum atomic E-state index is 12.3. The third-order valence-electron chi connectivity index (χ3n) is 2.89. The predicted molar refractivity (Wildman–Crippen MR) is 72.0 cm³/mol. The molecule has 6 heteroatoms. The molecule has 1 fully saturated rings. The Balaban J connectivity index is 2.16. The highest BCUT2D eigenvalue weighted by Gasteiger charge is 2.32. The lowest BCUT2D eigenvalue weighted by Gasteiger charge is -2.35. The van der Waals surface area contributed by atoms with Crippen LogP contribution in [0.5, 0.6) is 0 Å². The Bertz CT molecular complexity index is 505. The van der Waals surface area contributed by atoms with E-state index in [1.807, 2.05) is 6.07 Å². The zero-order valence-electron chi connectivity index (χ0n) is 10.4. The van der Waals surface area contributed by atoms with E-state index >= 15 is 0 Å². The fourth-order valence-electron chi connectivity index (χ4n) is 2.06. The molecule has 0 radical (unpaired) electrons. The van der Waals surface area contributed by atoms with Crippen LogP contribution in [0.4, 0.5) is 0 Å². The summed E-state index contributed by atoms with van der Waals surface area (Å²) in [6.07, 6.45) is -1.24. The number of halogens is 1. The van der Waals surface area contributed by atoms with Gasteiger partial charge in [0.15, 0.2) is 6.10 Å². The number of rotatable bonds is 2. The van der Waals surface area contributed by atoms with Crippen molar-refractivity contribution in [2.24, 2.45) is 0 Å². The van der Waals surface area contributed by atoms with Gasteiger partial charge < -0.3 is 14.7 Å². The molecule has 0 bridgehead atoms. The van der Waals surface area contributed by atoms with Crippen molar-refractivity contribution in [3.05, 3.63) is 34.3 Å². The van der Waals surface area contributed by atoms with Crippen LogP contribution in [-0.4, -0.2) is 47.2 Å². The van der Waals surface area contributed by atoms with Crippen LogP contribution in [0.3, 0.4) is 0 Å². The van der Waals surface area contributed by atoms with E-state index in [2.05, 4.69) is 15.9 Å². The van der Waals surface area contributed by atoms with Gasteiger partial charge in [0.25, 0.3) is 5.91 Å². The molecule has 1 aromatic rings. The van der Waals surface area contributed by atoms with E-state index in [0.717, 1.165) is 4.47 Å². The molecular weight excluding hydrogens is 314 g/mol. The van der Waals surface area contributed by atoms with Crippen LogP contribution in [0.15, 0.2) is 28.7 Å². The number of carboxylic acids is 1. The molecular formula is C13H14BrNO4. The highest BCUT2D eigenvalue weighted by atomic mass is 79.9. The van der Waals surface area contributed by atoms with Gasteiger partial charge in [-0.25, -0.2) is 4.79 Å². The summed E-state index contributed by atoms with van der Waals surface area (Å²) in [6.45, 7) is 2.23. The van der Waals surface area contributed by atoms with E-state index in [0.29, 0.717) is 12.1 Å². The van der Waals surface area contributed by atoms with Gasteiger partial charge in [0.2, 0.25) is 0 Å². The lowest BCUT2D eigenvalue weighted by Crippen LogP contribution is -2.51. The fourth-order valence-corrected chi connectivity index (χ4v) is 2.46. The topological polar surface area (TPSA) is 66.8 Å². The monoisotopic (exact) mass is 327 g/mol. The van der Waals surface area contributed by atoms with Crippen molar-refractivity contribution >= 4 is 27.8 Å². The summed E-state index contributed by atoms with van der Waals surface area (Å²) in [5, 5.41) is 9.00. The molecule has 1 amide bonds. The number of nitrogens with zero attached hydrogens (tertiary/aromatic N) is 1. The molecule has 0 saturated carbocycles. The molecule has 1 aliphatic heterocycles. The van der Waals surface area contributed by atoms with E-state index in [1.54, 1.807) is 25.1 Å². The first-order valence-corrected chi connectivity index (χ1v) is 6.70. The molecule has 0 spiro atoms. The Kier molecular flexibility index (Phi) is 4.21. The van der Waals surface area contributed by atoms with Gasteiger partial charge in [-0.15, -0.1) is 0 Å². The smallest absolute Gasteiger partial charge is 0.334 e. The van der Waals surface area contributed by atoms with Gasteiger partial charge in [-0.3, -0.25) is 4.79 Å². The fraction of sp³-hybridized carbons (Fsp3) is 0.385. The van der Waals surface area contributed by atoms with Crippen molar-refractivity contribution in [3.63, 3.8) is 0 Å². The standard InChI is InChI=1S/C13H14BrNO4/c1-8-6-15(7-11(19-8)13(17)18)12(16)9-3-2-4-10(14)5-9/h2-5,8,11H,6-7H2,1H3,(H,17,18)/t8-,11?/m1/s1. The summed E-state index contributed by atoms with van der Waals surface area (Å²) >= 11 is 3.31. The van der Waals surface area contributed by atoms with Crippen molar-refractivity contribution in [1.82, 2.24) is 4.90 Å². The Morgan fingerprint density at radius 1 is 1.42 bits per heavy atom. The van der Waals surface area contributed by atoms with Crippen molar-refractivity contribution in [1.29, 1.82) is 0 Å². The molecule has 2 rings (SSSR count). The van der Waals surface area contributed by atoms with Gasteiger partial charge in [-0.1, -0.05) is 22.0 Å². The zero-order chi connectivity index (χ0) is 14.0. The van der Waals surface area contributed by atoms with Gasteiger partial charge in [0, 0.05) is 16.6 Å². The summed E-state index contributed by atoms with van der Waals surface area (Å²) in [5.74, 6) is -1.22. The van der Waals surface area contributed by atoms with E-state index in [-0.39, 0.29) is 18.6 Å². The van der Waals surface area contributed by atoms with Crippen LogP contribution in [0.1, 0.15) is 17.3 Å². The van der Waals surface area contributed by atoms with E-state index in [1.165, 1.54) is 4.90 Å². The summed E-state index contributed by atoms with van der Waals surface area (Å²) in [4.78, 5) is 24.8. The van der Waals surface area contributed by atoms with Crippen LogP contribution >= 0.6 is 15.9 Å². The predicted octanol–water partition coefficient (Wildman–Crippen LogP) is 1.76. The van der Waals surface area contributed by atoms with Crippen LogP contribution < -0.4 is 0 Å². The third kappa shape index (κ3) is 3.33. The molecule has 0 aromatic heterocycles. The third-order valence-corrected chi connectivity index (χ3v) is 3.39. The second kappa shape index (κ2) is 5.71. The quantitative estimate of drug-likeness (QED) is 0.898. The van der Waals surface area contributed by atoms with Gasteiger partial charge in [0.1, 0.15) is 0 Å². The zero-order valence-corrected chi connectivity index (χ0v) is 12.0. The Labute approximate surface area is 119 Å². The minimum Gasteiger partial charge on any atom is -0.479 e. The van der Waals surface area contributed by atoms with Crippen molar-refractivity contribution in [2.75, 3.05) is 13.1 Å². The first-order chi connectivity index (χ1) is 8.97. The Hall–Kier alpha value is -1.40. The van der Waals surface area contributed by atoms with Crippen molar-refractivity contribution < 1.29 is 19.4 Å². The Morgan fingerprint density at radius 3 is 2.79 bits per heavy atom. The average molecular weight is 328 g/mol. The maximum absolute atomic E-state index is 12.3. The molecule has 1 N–H and O–H groups in total. The molecule has 102 valence electrons. The summed E-state index contributed by atoms with van der Waals surface area (Å²) < 4.78 is 6.10. The highest BCUT2D eigenvalue weighted by molar-refractivity contribution is 9.10. The van der Waals surface area contributed by atoms with Crippen LogP contribution in [0.25, 0.3) is 0 Å². The summed E-state index contributed by atoms with van der Waals surface area (Å²) in [5.41, 5.74) is 0.535. The Morgan fingerprint density at radius 2 is 2.16 bits per heavy atom. The molecule has 19 heavy (non-hydrogen) atoms. The summed E-state index contributed by atoms with van der Waals surface area (Å²) in [6, 6.07) is 7.04. The number of hydrogen-bond acceptors (Lipinski definition) is 3. The van der Waals surface area contributed by atoms with Crippen molar-refractivity contribution in [2.45, 2.75) is 19.1 Å². The number of ether oxygens (including phenoxy) is 1. The first-order valence-electron chi connectivity index (χ1n) is 5.90. The van der Waals surface area contributed by atoms with Gasteiger partial charge in [-0.2, -0.15) is 0 Å². The minimum atomic E-state index is -1.04. The maximum Gasteiger partial charge on any atom is 0.334 e. The number of benzene rings is 1. The number of aliphatic carboxylic acids is 1. The normalized spacial score (nSPS) is 23.2. The SMILES string of the molecule is C[C@@H]1CN(C(=O)c2cccc(Br)c2)CC(C(=O)O)O1. The summed E-state index contributed by atoms with van der Waals surface area (Å²) in [7, 11) is 0. The molecule has 1 aromatic carbocycles. The molecule has 5 nitrogen and oxygen atoms in total. The second-order valence-electron chi connectivity index (χ2n) is 4.49. The van der Waals surface area contributed by atoms with E-state index < -0.39 is 12.1 Å². The van der Waals surface area contributed by atoms with E-state index in [9.17, 15) is 9.59 Å². The first kappa shape index (κ1) is 14.0. The minimum absolute atomic E-state index is 0.0744. The van der Waals surface area contributed by atoms with E-state index in [4.69, 9.17) is 9.84 Å². The number of carboxylic acid groups (broad SMARTS) is 1. The molecule has 1 unspecified atom stereocenters. The number of morpholine rings is 1. The molecule has 1 saturated heterocycles. The van der Waals surface area contributed by atoms with Crippen molar-refractivity contribution in [3.8, 4) is 0 Å². The van der Waals surface area contributed by atoms with Crippen LogP contribution in [0, 0.1) is 0 Å². The van der Waals surface area contributed by atoms with Gasteiger partial charge in [-0.05, 0) is 25.1 Å². The van der Waals surface area contributed by atoms with Crippen LogP contribution in [0.2, 0.25) is 0 Å². The highest BCUT2D eigenvalue weighted by Crippen LogP contribution is 2.17. The number of amides is 1. The average Bonchev–Trinajstić information content (AvgIpc) is 2.37. The number of carbonyl (C=O) groups excluding carboxylic acids is 1. The number of carbonyl (C=O) groups is 2. The largest absolute Gasteiger partial charge is 0.479 e. The number of hydrogen-bond donors (Lipinski definition) is 1. The molecule has 0 aliphatic carbocycles. The molecule has 2 atom stereocenters. The van der Waals surface area contributed by atoms with Gasteiger partial charge in [0.05, 0.1) is 12.6 Å².